The van der Waals surface area contributed by atoms with Crippen LogP contribution in [-0.2, 0) is 6.42 Å². The van der Waals surface area contributed by atoms with Crippen LogP contribution >= 0.6 is 11.6 Å². The molecule has 0 fully saturated rings. The highest BCUT2D eigenvalue weighted by molar-refractivity contribution is 6.30. The lowest BCUT2D eigenvalue weighted by molar-refractivity contribution is 0.0949. The molecule has 5 nitrogen and oxygen atoms in total. The van der Waals surface area contributed by atoms with Gasteiger partial charge in [-0.15, -0.1) is 0 Å². The Bertz CT molecular complexity index is 929. The van der Waals surface area contributed by atoms with E-state index in [4.69, 9.17) is 11.6 Å². The van der Waals surface area contributed by atoms with Crippen LogP contribution in [0.1, 0.15) is 28.7 Å². The van der Waals surface area contributed by atoms with Gasteiger partial charge in [0.2, 0.25) is 5.95 Å². The van der Waals surface area contributed by atoms with Crippen LogP contribution in [0.25, 0.3) is 0 Å². The lowest BCUT2D eigenvalue weighted by atomic mass is 10.1. The number of carbonyl (C=O) groups is 1. The Morgan fingerprint density at radius 3 is 2.46 bits per heavy atom. The first-order valence-electron chi connectivity index (χ1n) is 9.27. The molecule has 6 heteroatoms. The SMILES string of the molecule is CCN(c1ccccc1)c1nc(C)cc(C(=O)NCCc2ccc(Cl)cc2)n1. The van der Waals surface area contributed by atoms with Crippen molar-refractivity contribution in [2.75, 3.05) is 18.0 Å². The normalized spacial score (nSPS) is 10.5. The Balaban J connectivity index is 1.71. The highest BCUT2D eigenvalue weighted by atomic mass is 35.5. The van der Waals surface area contributed by atoms with Gasteiger partial charge in [0.25, 0.3) is 5.91 Å². The van der Waals surface area contributed by atoms with Gasteiger partial charge in [0.15, 0.2) is 0 Å². The Kier molecular flexibility index (Phi) is 6.61. The number of nitrogens with zero attached hydrogens (tertiary/aromatic N) is 3. The van der Waals surface area contributed by atoms with Crippen molar-refractivity contribution in [2.24, 2.45) is 0 Å². The highest BCUT2D eigenvalue weighted by Gasteiger charge is 2.15. The molecule has 1 heterocycles. The fourth-order valence-electron chi connectivity index (χ4n) is 2.90. The number of benzene rings is 2. The number of hydrogen-bond donors (Lipinski definition) is 1. The summed E-state index contributed by atoms with van der Waals surface area (Å²) < 4.78 is 0. The van der Waals surface area contributed by atoms with E-state index < -0.39 is 0 Å². The minimum atomic E-state index is -0.204. The molecule has 1 amide bonds. The molecule has 0 radical (unpaired) electrons. The molecule has 0 saturated carbocycles. The number of nitrogens with one attached hydrogen (secondary N) is 1. The minimum absolute atomic E-state index is 0.204. The van der Waals surface area contributed by atoms with E-state index in [0.29, 0.717) is 29.8 Å². The van der Waals surface area contributed by atoms with Gasteiger partial charge < -0.3 is 10.2 Å². The number of anilines is 2. The quantitative estimate of drug-likeness (QED) is 0.637. The largest absolute Gasteiger partial charge is 0.350 e. The third-order valence-electron chi connectivity index (χ3n) is 4.31. The lowest BCUT2D eigenvalue weighted by Crippen LogP contribution is -2.28. The number of aryl methyl sites for hydroxylation is 1. The zero-order chi connectivity index (χ0) is 19.9. The first-order valence-corrected chi connectivity index (χ1v) is 9.65. The molecule has 2 aromatic carbocycles. The molecule has 0 atom stereocenters. The molecule has 3 aromatic rings. The maximum absolute atomic E-state index is 12.6. The van der Waals surface area contributed by atoms with Gasteiger partial charge in [-0.2, -0.15) is 0 Å². The molecule has 1 N–H and O–H groups in total. The summed E-state index contributed by atoms with van der Waals surface area (Å²) in [4.78, 5) is 23.6. The summed E-state index contributed by atoms with van der Waals surface area (Å²) in [6, 6.07) is 19.2. The third-order valence-corrected chi connectivity index (χ3v) is 4.57. The number of aromatic nitrogens is 2. The van der Waals surface area contributed by atoms with E-state index >= 15 is 0 Å². The van der Waals surface area contributed by atoms with Crippen LogP contribution in [0, 0.1) is 6.92 Å². The summed E-state index contributed by atoms with van der Waals surface area (Å²) in [6.07, 6.45) is 0.727. The van der Waals surface area contributed by atoms with E-state index in [0.717, 1.165) is 23.4 Å². The molecule has 1 aromatic heterocycles. The van der Waals surface area contributed by atoms with Gasteiger partial charge in [-0.05, 0) is 56.2 Å². The Hall–Kier alpha value is -2.92. The van der Waals surface area contributed by atoms with Crippen molar-refractivity contribution in [3.8, 4) is 0 Å². The smallest absolute Gasteiger partial charge is 0.270 e. The van der Waals surface area contributed by atoms with Crippen LogP contribution in [0.3, 0.4) is 0 Å². The molecule has 0 aliphatic carbocycles. The van der Waals surface area contributed by atoms with E-state index in [2.05, 4.69) is 15.3 Å². The zero-order valence-corrected chi connectivity index (χ0v) is 16.8. The summed E-state index contributed by atoms with van der Waals surface area (Å²) in [5, 5.41) is 3.64. The number of para-hydroxylation sites is 1. The van der Waals surface area contributed by atoms with Crippen molar-refractivity contribution in [1.82, 2.24) is 15.3 Å². The summed E-state index contributed by atoms with van der Waals surface area (Å²) in [5.74, 6) is 0.321. The second-order valence-electron chi connectivity index (χ2n) is 6.41. The number of hydrogen-bond acceptors (Lipinski definition) is 4. The number of carbonyl (C=O) groups excluding carboxylic acids is 1. The van der Waals surface area contributed by atoms with Gasteiger partial charge in [-0.25, -0.2) is 9.97 Å². The van der Waals surface area contributed by atoms with Gasteiger partial charge in [0, 0.05) is 29.5 Å². The Morgan fingerprint density at radius 2 is 1.79 bits per heavy atom. The van der Waals surface area contributed by atoms with Crippen molar-refractivity contribution in [2.45, 2.75) is 20.3 Å². The monoisotopic (exact) mass is 394 g/mol. The van der Waals surface area contributed by atoms with Crippen LogP contribution < -0.4 is 10.2 Å². The maximum atomic E-state index is 12.6. The average Bonchev–Trinajstić information content (AvgIpc) is 2.70. The zero-order valence-electron chi connectivity index (χ0n) is 16.0. The minimum Gasteiger partial charge on any atom is -0.350 e. The molecular formula is C22H23ClN4O. The molecule has 0 aliphatic heterocycles. The highest BCUT2D eigenvalue weighted by Crippen LogP contribution is 2.22. The molecule has 0 bridgehead atoms. The molecule has 0 spiro atoms. The molecule has 3 rings (SSSR count). The fraction of sp³-hybridized carbons (Fsp3) is 0.227. The van der Waals surface area contributed by atoms with Gasteiger partial charge in [-0.1, -0.05) is 41.9 Å². The molecule has 0 aliphatic rings. The van der Waals surface area contributed by atoms with Gasteiger partial charge in [0.05, 0.1) is 0 Å². The maximum Gasteiger partial charge on any atom is 0.270 e. The van der Waals surface area contributed by atoms with Crippen molar-refractivity contribution >= 4 is 29.1 Å². The van der Waals surface area contributed by atoms with Gasteiger partial charge >= 0.3 is 0 Å². The molecule has 144 valence electrons. The molecular weight excluding hydrogens is 372 g/mol. The van der Waals surface area contributed by atoms with E-state index in [1.165, 1.54) is 0 Å². The number of halogens is 1. The summed E-state index contributed by atoms with van der Waals surface area (Å²) in [7, 11) is 0. The van der Waals surface area contributed by atoms with E-state index in [9.17, 15) is 4.79 Å². The van der Waals surface area contributed by atoms with Crippen LogP contribution in [0.2, 0.25) is 5.02 Å². The predicted molar refractivity (Wildman–Crippen MR) is 113 cm³/mol. The second-order valence-corrected chi connectivity index (χ2v) is 6.84. The Morgan fingerprint density at radius 1 is 1.07 bits per heavy atom. The van der Waals surface area contributed by atoms with Crippen molar-refractivity contribution in [3.63, 3.8) is 0 Å². The van der Waals surface area contributed by atoms with Crippen molar-refractivity contribution in [3.05, 3.63) is 82.6 Å². The molecule has 0 unspecified atom stereocenters. The summed E-state index contributed by atoms with van der Waals surface area (Å²) >= 11 is 5.90. The van der Waals surface area contributed by atoms with Gasteiger partial charge in [-0.3, -0.25) is 4.79 Å². The molecule has 0 saturated heterocycles. The fourth-order valence-corrected chi connectivity index (χ4v) is 3.03. The summed E-state index contributed by atoms with van der Waals surface area (Å²) in [6.45, 7) is 5.12. The first-order chi connectivity index (χ1) is 13.6. The van der Waals surface area contributed by atoms with Crippen LogP contribution in [0.4, 0.5) is 11.6 Å². The standard InChI is InChI=1S/C22H23ClN4O/c1-3-27(19-7-5-4-6-8-19)22-25-16(2)15-20(26-22)21(28)24-14-13-17-9-11-18(23)12-10-17/h4-12,15H,3,13-14H2,1-2H3,(H,24,28). The van der Waals surface area contributed by atoms with E-state index in [1.807, 2.05) is 73.3 Å². The van der Waals surface area contributed by atoms with Crippen LogP contribution in [0.5, 0.6) is 0 Å². The molecule has 28 heavy (non-hydrogen) atoms. The summed E-state index contributed by atoms with van der Waals surface area (Å²) in [5.41, 5.74) is 3.23. The third kappa shape index (κ3) is 5.08. The van der Waals surface area contributed by atoms with Gasteiger partial charge in [0.1, 0.15) is 5.69 Å². The second kappa shape index (κ2) is 9.33. The first kappa shape index (κ1) is 19.8. The average molecular weight is 395 g/mol. The van der Waals surface area contributed by atoms with E-state index in [-0.39, 0.29) is 5.91 Å². The van der Waals surface area contributed by atoms with E-state index in [1.54, 1.807) is 6.07 Å². The topological polar surface area (TPSA) is 58.1 Å². The lowest BCUT2D eigenvalue weighted by Gasteiger charge is -2.21. The van der Waals surface area contributed by atoms with Crippen molar-refractivity contribution in [1.29, 1.82) is 0 Å². The van der Waals surface area contributed by atoms with Crippen LogP contribution in [0.15, 0.2) is 60.7 Å². The van der Waals surface area contributed by atoms with Crippen LogP contribution in [-0.4, -0.2) is 29.0 Å². The predicted octanol–water partition coefficient (Wildman–Crippen LogP) is 4.57. The van der Waals surface area contributed by atoms with Crippen molar-refractivity contribution < 1.29 is 4.79 Å². The number of rotatable bonds is 7. The Labute approximate surface area is 170 Å². The number of amides is 1.